The van der Waals surface area contributed by atoms with Gasteiger partial charge >= 0.3 is 0 Å². The Bertz CT molecular complexity index is 915. The maximum atomic E-state index is 13.0. The fourth-order valence-electron chi connectivity index (χ4n) is 4.09. The minimum Gasteiger partial charge on any atom is -0.352 e. The van der Waals surface area contributed by atoms with E-state index in [1.165, 1.54) is 0 Å². The van der Waals surface area contributed by atoms with Crippen molar-refractivity contribution >= 4 is 34.9 Å². The van der Waals surface area contributed by atoms with Crippen molar-refractivity contribution < 1.29 is 4.79 Å². The summed E-state index contributed by atoms with van der Waals surface area (Å²) in [6, 6.07) is 9.66. The molecular weight excluding hydrogens is 435 g/mol. The van der Waals surface area contributed by atoms with Gasteiger partial charge < -0.3 is 15.1 Å². The number of amides is 1. The van der Waals surface area contributed by atoms with Gasteiger partial charge in [-0.1, -0.05) is 29.3 Å². The van der Waals surface area contributed by atoms with E-state index in [1.54, 1.807) is 12.1 Å². The Morgan fingerprint density at radius 1 is 1.03 bits per heavy atom. The van der Waals surface area contributed by atoms with Gasteiger partial charge in [-0.2, -0.15) is 0 Å². The molecule has 3 heterocycles. The highest BCUT2D eigenvalue weighted by molar-refractivity contribution is 6.42. The number of aromatic nitrogens is 2. The first kappa shape index (κ1) is 22.3. The number of rotatable bonds is 4. The Kier molecular flexibility index (Phi) is 6.96. The average Bonchev–Trinajstić information content (AvgIpc) is 2.81. The predicted octanol–water partition coefficient (Wildman–Crippen LogP) is 2.78. The summed E-state index contributed by atoms with van der Waals surface area (Å²) in [5.74, 6) is 1.02. The number of anilines is 1. The first-order chi connectivity index (χ1) is 14.9. The van der Waals surface area contributed by atoms with Crippen molar-refractivity contribution in [3.05, 3.63) is 40.4 Å². The van der Waals surface area contributed by atoms with Crippen LogP contribution in [0.1, 0.15) is 13.8 Å². The van der Waals surface area contributed by atoms with Crippen LogP contribution in [0.4, 0.5) is 5.82 Å². The largest absolute Gasteiger partial charge is 0.352 e. The zero-order valence-corrected chi connectivity index (χ0v) is 19.4. The van der Waals surface area contributed by atoms with E-state index < -0.39 is 0 Å². The molecule has 1 aromatic heterocycles. The third-order valence-corrected chi connectivity index (χ3v) is 6.76. The van der Waals surface area contributed by atoms with Gasteiger partial charge in [0.2, 0.25) is 5.91 Å². The van der Waals surface area contributed by atoms with Crippen LogP contribution in [0.15, 0.2) is 30.3 Å². The monoisotopic (exact) mass is 462 g/mol. The summed E-state index contributed by atoms with van der Waals surface area (Å²) in [6.07, 6.45) is 0. The molecule has 0 saturated carbocycles. The van der Waals surface area contributed by atoms with E-state index in [4.69, 9.17) is 23.2 Å². The van der Waals surface area contributed by atoms with Crippen LogP contribution in [-0.4, -0.2) is 83.8 Å². The molecule has 1 N–H and O–H groups in total. The van der Waals surface area contributed by atoms with E-state index >= 15 is 0 Å². The molecular formula is C22H28Cl2N6O. The third-order valence-electron chi connectivity index (χ3n) is 6.02. The first-order valence-electron chi connectivity index (χ1n) is 10.7. The van der Waals surface area contributed by atoms with Gasteiger partial charge in [0.1, 0.15) is 0 Å². The van der Waals surface area contributed by atoms with E-state index in [9.17, 15) is 4.79 Å². The molecule has 2 aliphatic heterocycles. The van der Waals surface area contributed by atoms with Gasteiger partial charge in [0.05, 0.1) is 21.8 Å². The standard InChI is InChI=1S/C22H28Cl2N6O/c1-15(2)30-8-7-25-20(14-30)22(31)29-11-9-28(10-12-29)21-6-5-19(26-27-21)16-3-4-17(23)18(24)13-16/h3-6,13,15,20,25H,7-12,14H2,1-2H3. The molecule has 0 radical (unpaired) electrons. The van der Waals surface area contributed by atoms with Crippen molar-refractivity contribution in [3.63, 3.8) is 0 Å². The number of hydrogen-bond donors (Lipinski definition) is 1. The minimum atomic E-state index is -0.118. The summed E-state index contributed by atoms with van der Waals surface area (Å²) in [4.78, 5) is 19.5. The second-order valence-corrected chi connectivity index (χ2v) is 9.13. The number of benzene rings is 1. The van der Waals surface area contributed by atoms with Crippen LogP contribution in [0.25, 0.3) is 11.3 Å². The smallest absolute Gasteiger partial charge is 0.241 e. The van der Waals surface area contributed by atoms with Gasteiger partial charge in [-0.3, -0.25) is 9.69 Å². The molecule has 0 spiro atoms. The summed E-state index contributed by atoms with van der Waals surface area (Å²) >= 11 is 12.1. The van der Waals surface area contributed by atoms with Crippen molar-refractivity contribution in [1.29, 1.82) is 0 Å². The van der Waals surface area contributed by atoms with Crippen LogP contribution >= 0.6 is 23.2 Å². The minimum absolute atomic E-state index is 0.118. The highest BCUT2D eigenvalue weighted by Crippen LogP contribution is 2.28. The van der Waals surface area contributed by atoms with Crippen LogP contribution in [0.5, 0.6) is 0 Å². The number of piperazine rings is 2. The highest BCUT2D eigenvalue weighted by Gasteiger charge is 2.31. The molecule has 0 bridgehead atoms. The summed E-state index contributed by atoms with van der Waals surface area (Å²) in [5.41, 5.74) is 1.62. The molecule has 2 aliphatic rings. The maximum absolute atomic E-state index is 13.0. The maximum Gasteiger partial charge on any atom is 0.241 e. The molecule has 2 saturated heterocycles. The summed E-state index contributed by atoms with van der Waals surface area (Å²) in [5, 5.41) is 13.2. The number of hydrogen-bond acceptors (Lipinski definition) is 6. The zero-order valence-electron chi connectivity index (χ0n) is 17.9. The lowest BCUT2D eigenvalue weighted by molar-refractivity contribution is -0.135. The van der Waals surface area contributed by atoms with Crippen molar-refractivity contribution in [1.82, 2.24) is 25.3 Å². The summed E-state index contributed by atoms with van der Waals surface area (Å²) in [7, 11) is 0. The number of halogens is 2. The van der Waals surface area contributed by atoms with Crippen molar-refractivity contribution in [2.75, 3.05) is 50.7 Å². The molecule has 2 fully saturated rings. The lowest BCUT2D eigenvalue weighted by Crippen LogP contribution is -2.61. The van der Waals surface area contributed by atoms with E-state index in [1.807, 2.05) is 23.1 Å². The van der Waals surface area contributed by atoms with Gasteiger partial charge in [-0.15, -0.1) is 10.2 Å². The fourth-order valence-corrected chi connectivity index (χ4v) is 4.38. The van der Waals surface area contributed by atoms with E-state index in [-0.39, 0.29) is 11.9 Å². The molecule has 2 aromatic rings. The predicted molar refractivity (Wildman–Crippen MR) is 125 cm³/mol. The number of nitrogens with one attached hydrogen (secondary N) is 1. The van der Waals surface area contributed by atoms with Crippen LogP contribution < -0.4 is 10.2 Å². The molecule has 0 aliphatic carbocycles. The normalized spacial score (nSPS) is 20.4. The molecule has 1 aromatic carbocycles. The molecule has 166 valence electrons. The molecule has 9 heteroatoms. The molecule has 1 unspecified atom stereocenters. The van der Waals surface area contributed by atoms with Crippen LogP contribution in [-0.2, 0) is 4.79 Å². The van der Waals surface area contributed by atoms with E-state index in [0.717, 1.165) is 49.8 Å². The van der Waals surface area contributed by atoms with Crippen LogP contribution in [0.3, 0.4) is 0 Å². The number of nitrogens with zero attached hydrogens (tertiary/aromatic N) is 5. The first-order valence-corrected chi connectivity index (χ1v) is 11.5. The van der Waals surface area contributed by atoms with Crippen molar-refractivity contribution in [2.45, 2.75) is 25.9 Å². The topological polar surface area (TPSA) is 64.6 Å². The van der Waals surface area contributed by atoms with Gasteiger partial charge in [0.15, 0.2) is 5.82 Å². The highest BCUT2D eigenvalue weighted by atomic mass is 35.5. The number of carbonyl (C=O) groups excluding carboxylic acids is 1. The van der Waals surface area contributed by atoms with Crippen molar-refractivity contribution in [3.8, 4) is 11.3 Å². The Morgan fingerprint density at radius 3 is 2.45 bits per heavy atom. The average molecular weight is 463 g/mol. The quantitative estimate of drug-likeness (QED) is 0.753. The molecule has 1 atom stereocenters. The van der Waals surface area contributed by atoms with Gasteiger partial charge in [0, 0.05) is 57.4 Å². The second-order valence-electron chi connectivity index (χ2n) is 8.31. The summed E-state index contributed by atoms with van der Waals surface area (Å²) < 4.78 is 0. The number of carbonyl (C=O) groups is 1. The Balaban J connectivity index is 1.34. The second kappa shape index (κ2) is 9.69. The SMILES string of the molecule is CC(C)N1CCNC(C(=O)N2CCN(c3ccc(-c4ccc(Cl)c(Cl)c4)nn3)CC2)C1. The summed E-state index contributed by atoms with van der Waals surface area (Å²) in [6.45, 7) is 9.85. The third kappa shape index (κ3) is 5.12. The van der Waals surface area contributed by atoms with Crippen LogP contribution in [0, 0.1) is 0 Å². The lowest BCUT2D eigenvalue weighted by atomic mass is 10.1. The van der Waals surface area contributed by atoms with Crippen molar-refractivity contribution in [2.24, 2.45) is 0 Å². The van der Waals surface area contributed by atoms with E-state index in [0.29, 0.717) is 29.2 Å². The Hall–Kier alpha value is -1.93. The van der Waals surface area contributed by atoms with E-state index in [2.05, 4.69) is 39.2 Å². The molecule has 4 rings (SSSR count). The van der Waals surface area contributed by atoms with Gasteiger partial charge in [-0.25, -0.2) is 0 Å². The Morgan fingerprint density at radius 2 is 1.81 bits per heavy atom. The van der Waals surface area contributed by atoms with Gasteiger partial charge in [0.25, 0.3) is 0 Å². The molecule has 7 nitrogen and oxygen atoms in total. The molecule has 31 heavy (non-hydrogen) atoms. The Labute approximate surface area is 193 Å². The molecule has 1 amide bonds. The lowest BCUT2D eigenvalue weighted by Gasteiger charge is -2.40. The zero-order chi connectivity index (χ0) is 22.0. The fraction of sp³-hybridized carbons (Fsp3) is 0.500. The van der Waals surface area contributed by atoms with Gasteiger partial charge in [-0.05, 0) is 38.1 Å². The van der Waals surface area contributed by atoms with Crippen LogP contribution in [0.2, 0.25) is 10.0 Å².